The van der Waals surface area contributed by atoms with Crippen LogP contribution in [-0.2, 0) is 14.8 Å². The van der Waals surface area contributed by atoms with Crippen LogP contribution >= 0.6 is 0 Å². The van der Waals surface area contributed by atoms with Crippen LogP contribution in [0.2, 0.25) is 0 Å². The zero-order chi connectivity index (χ0) is 21.7. The number of ether oxygens (including phenoxy) is 2. The standard InChI is InChI=1S/C21H26N2O6S/c1-16-7-8-19(28-2)20(15-16)30(26,27)23-12-10-22(11-13-23)21(25)9-14-29-18-6-4-3-5-17(18)24/h3-8,15,24H,9-14H2,1-2H3. The lowest BCUT2D eigenvalue weighted by Crippen LogP contribution is -2.50. The molecule has 2 aromatic rings. The van der Waals surface area contributed by atoms with Crippen LogP contribution in [0.25, 0.3) is 0 Å². The molecule has 1 amide bonds. The van der Waals surface area contributed by atoms with Crippen LogP contribution in [0.5, 0.6) is 17.2 Å². The molecule has 0 saturated carbocycles. The van der Waals surface area contributed by atoms with Crippen molar-refractivity contribution in [1.82, 2.24) is 9.21 Å². The normalized spacial score (nSPS) is 15.1. The number of carbonyl (C=O) groups is 1. The highest BCUT2D eigenvalue weighted by Crippen LogP contribution is 2.28. The van der Waals surface area contributed by atoms with Crippen LogP contribution in [0, 0.1) is 6.92 Å². The van der Waals surface area contributed by atoms with Gasteiger partial charge in [0, 0.05) is 26.2 Å². The maximum absolute atomic E-state index is 13.1. The smallest absolute Gasteiger partial charge is 0.246 e. The average molecular weight is 435 g/mol. The average Bonchev–Trinajstić information content (AvgIpc) is 2.75. The van der Waals surface area contributed by atoms with Gasteiger partial charge in [-0.05, 0) is 36.8 Å². The van der Waals surface area contributed by atoms with Crippen LogP contribution in [0.3, 0.4) is 0 Å². The number of sulfonamides is 1. The summed E-state index contributed by atoms with van der Waals surface area (Å²) in [5.74, 6) is 0.541. The number of methoxy groups -OCH3 is 1. The van der Waals surface area contributed by atoms with E-state index in [0.29, 0.717) is 24.6 Å². The lowest BCUT2D eigenvalue weighted by molar-refractivity contribution is -0.132. The molecular weight excluding hydrogens is 408 g/mol. The van der Waals surface area contributed by atoms with E-state index >= 15 is 0 Å². The summed E-state index contributed by atoms with van der Waals surface area (Å²) in [6.45, 7) is 3.00. The molecule has 162 valence electrons. The Hall–Kier alpha value is -2.78. The number of para-hydroxylation sites is 2. The predicted molar refractivity (Wildman–Crippen MR) is 111 cm³/mol. The Morgan fingerprint density at radius 1 is 1.07 bits per heavy atom. The fourth-order valence-corrected chi connectivity index (χ4v) is 4.95. The van der Waals surface area contributed by atoms with Crippen molar-refractivity contribution in [3.63, 3.8) is 0 Å². The summed E-state index contributed by atoms with van der Waals surface area (Å²) in [6, 6.07) is 11.6. The fraction of sp³-hybridized carbons (Fsp3) is 0.381. The molecule has 0 aliphatic carbocycles. The summed E-state index contributed by atoms with van der Waals surface area (Å²) < 4.78 is 38.2. The molecular formula is C21H26N2O6S. The number of hydrogen-bond donors (Lipinski definition) is 1. The van der Waals surface area contributed by atoms with E-state index in [0.717, 1.165) is 5.56 Å². The number of benzene rings is 2. The van der Waals surface area contributed by atoms with Gasteiger partial charge < -0.3 is 19.5 Å². The molecule has 0 atom stereocenters. The first-order chi connectivity index (χ1) is 14.3. The van der Waals surface area contributed by atoms with E-state index in [1.165, 1.54) is 17.5 Å². The van der Waals surface area contributed by atoms with Crippen molar-refractivity contribution in [3.8, 4) is 17.2 Å². The predicted octanol–water partition coefficient (Wildman–Crippen LogP) is 2.01. The Kier molecular flexibility index (Phi) is 6.84. The number of aromatic hydroxyl groups is 1. The Labute approximate surface area is 176 Å². The fourth-order valence-electron chi connectivity index (χ4n) is 3.29. The van der Waals surface area contributed by atoms with Crippen LogP contribution in [0.1, 0.15) is 12.0 Å². The van der Waals surface area contributed by atoms with Gasteiger partial charge in [-0.2, -0.15) is 4.31 Å². The minimum Gasteiger partial charge on any atom is -0.504 e. The Morgan fingerprint density at radius 3 is 2.43 bits per heavy atom. The zero-order valence-corrected chi connectivity index (χ0v) is 17.9. The second-order valence-corrected chi connectivity index (χ2v) is 8.91. The van der Waals surface area contributed by atoms with Gasteiger partial charge in [0.25, 0.3) is 0 Å². The molecule has 0 bridgehead atoms. The third-order valence-corrected chi connectivity index (χ3v) is 6.89. The van der Waals surface area contributed by atoms with Gasteiger partial charge in [0.05, 0.1) is 20.1 Å². The third kappa shape index (κ3) is 4.85. The first-order valence-electron chi connectivity index (χ1n) is 9.66. The number of phenols is 1. The maximum atomic E-state index is 13.1. The van der Waals surface area contributed by atoms with Gasteiger partial charge in [-0.15, -0.1) is 0 Å². The lowest BCUT2D eigenvalue weighted by Gasteiger charge is -2.34. The van der Waals surface area contributed by atoms with E-state index in [9.17, 15) is 18.3 Å². The minimum atomic E-state index is -3.72. The number of rotatable bonds is 7. The quantitative estimate of drug-likeness (QED) is 0.716. The summed E-state index contributed by atoms with van der Waals surface area (Å²) in [5, 5.41) is 9.69. The number of aryl methyl sites for hydroxylation is 1. The highest BCUT2D eigenvalue weighted by molar-refractivity contribution is 7.89. The summed E-state index contributed by atoms with van der Waals surface area (Å²) in [6.07, 6.45) is 0.146. The van der Waals surface area contributed by atoms with E-state index in [1.54, 1.807) is 41.3 Å². The van der Waals surface area contributed by atoms with Crippen molar-refractivity contribution in [2.24, 2.45) is 0 Å². The molecule has 9 heteroatoms. The van der Waals surface area contributed by atoms with Crippen LogP contribution in [0.4, 0.5) is 0 Å². The molecule has 1 fully saturated rings. The maximum Gasteiger partial charge on any atom is 0.246 e. The number of nitrogens with zero attached hydrogens (tertiary/aromatic N) is 2. The number of phenolic OH excluding ortho intramolecular Hbond substituents is 1. The summed E-state index contributed by atoms with van der Waals surface area (Å²) in [4.78, 5) is 14.2. The molecule has 30 heavy (non-hydrogen) atoms. The highest BCUT2D eigenvalue weighted by atomic mass is 32.2. The molecule has 1 N–H and O–H groups in total. The summed E-state index contributed by atoms with van der Waals surface area (Å²) in [5.41, 5.74) is 0.827. The third-order valence-electron chi connectivity index (χ3n) is 4.97. The highest BCUT2D eigenvalue weighted by Gasteiger charge is 2.32. The molecule has 2 aromatic carbocycles. The molecule has 0 radical (unpaired) electrons. The largest absolute Gasteiger partial charge is 0.504 e. The Balaban J connectivity index is 1.56. The summed E-state index contributed by atoms with van der Waals surface area (Å²) >= 11 is 0. The molecule has 3 rings (SSSR count). The van der Waals surface area contributed by atoms with Gasteiger partial charge in [-0.3, -0.25) is 4.79 Å². The van der Waals surface area contributed by atoms with Crippen molar-refractivity contribution >= 4 is 15.9 Å². The van der Waals surface area contributed by atoms with E-state index in [2.05, 4.69) is 0 Å². The van der Waals surface area contributed by atoms with Gasteiger partial charge in [-0.1, -0.05) is 18.2 Å². The molecule has 1 saturated heterocycles. The first-order valence-corrected chi connectivity index (χ1v) is 11.1. The zero-order valence-electron chi connectivity index (χ0n) is 17.1. The molecule has 1 heterocycles. The molecule has 1 aliphatic rings. The number of amides is 1. The molecule has 0 spiro atoms. The van der Waals surface area contributed by atoms with E-state index in [4.69, 9.17) is 9.47 Å². The SMILES string of the molecule is COc1ccc(C)cc1S(=O)(=O)N1CCN(C(=O)CCOc2ccccc2O)CC1. The van der Waals surface area contributed by atoms with Crippen molar-refractivity contribution in [3.05, 3.63) is 48.0 Å². The van der Waals surface area contributed by atoms with E-state index < -0.39 is 10.0 Å². The molecule has 0 unspecified atom stereocenters. The van der Waals surface area contributed by atoms with Crippen molar-refractivity contribution in [2.75, 3.05) is 39.9 Å². The number of piperazine rings is 1. The van der Waals surface area contributed by atoms with Gasteiger partial charge in [0.15, 0.2) is 11.5 Å². The first kappa shape index (κ1) is 21.9. The topological polar surface area (TPSA) is 96.4 Å². The van der Waals surface area contributed by atoms with Gasteiger partial charge >= 0.3 is 0 Å². The van der Waals surface area contributed by atoms with Crippen LogP contribution in [0.15, 0.2) is 47.4 Å². The van der Waals surface area contributed by atoms with Crippen molar-refractivity contribution in [2.45, 2.75) is 18.2 Å². The number of hydrogen-bond acceptors (Lipinski definition) is 6. The Bertz CT molecular complexity index is 1000. The van der Waals surface area contributed by atoms with Gasteiger partial charge in [0.2, 0.25) is 15.9 Å². The Morgan fingerprint density at radius 2 is 1.77 bits per heavy atom. The minimum absolute atomic E-state index is 0.0235. The number of carbonyl (C=O) groups excluding carboxylic acids is 1. The lowest BCUT2D eigenvalue weighted by atomic mass is 10.2. The molecule has 8 nitrogen and oxygen atoms in total. The summed E-state index contributed by atoms with van der Waals surface area (Å²) in [7, 11) is -2.27. The second kappa shape index (κ2) is 9.36. The van der Waals surface area contributed by atoms with Crippen molar-refractivity contribution < 1.29 is 27.8 Å². The van der Waals surface area contributed by atoms with E-state index in [1.807, 2.05) is 6.92 Å². The second-order valence-electron chi connectivity index (χ2n) is 7.01. The van der Waals surface area contributed by atoms with Crippen molar-refractivity contribution in [1.29, 1.82) is 0 Å². The van der Waals surface area contributed by atoms with E-state index in [-0.39, 0.29) is 42.7 Å². The molecule has 0 aromatic heterocycles. The van der Waals surface area contributed by atoms with Gasteiger partial charge in [-0.25, -0.2) is 8.42 Å². The van der Waals surface area contributed by atoms with Crippen LogP contribution < -0.4 is 9.47 Å². The molecule has 1 aliphatic heterocycles. The monoisotopic (exact) mass is 434 g/mol. The van der Waals surface area contributed by atoms with Crippen LogP contribution in [-0.4, -0.2) is 68.5 Å². The van der Waals surface area contributed by atoms with Gasteiger partial charge in [0.1, 0.15) is 10.6 Å².